The lowest BCUT2D eigenvalue weighted by Gasteiger charge is -2.12. The van der Waals surface area contributed by atoms with Crippen molar-refractivity contribution in [3.8, 4) is 5.75 Å². The molecule has 0 aliphatic heterocycles. The summed E-state index contributed by atoms with van der Waals surface area (Å²) in [5, 5.41) is 12.2. The van der Waals surface area contributed by atoms with Crippen LogP contribution in [0.1, 0.15) is 31.8 Å². The maximum Gasteiger partial charge on any atom is 0.335 e. The number of halogens is 1. The average molecular weight is 410 g/mol. The lowest BCUT2D eigenvalue weighted by Crippen LogP contribution is -2.23. The van der Waals surface area contributed by atoms with Crippen molar-refractivity contribution >= 4 is 23.5 Å². The van der Waals surface area contributed by atoms with Gasteiger partial charge in [0.15, 0.2) is 0 Å². The van der Waals surface area contributed by atoms with Gasteiger partial charge in [0.25, 0.3) is 5.91 Å². The van der Waals surface area contributed by atoms with Crippen molar-refractivity contribution in [3.63, 3.8) is 0 Å². The van der Waals surface area contributed by atoms with Gasteiger partial charge in [-0.05, 0) is 41.5 Å². The second kappa shape index (κ2) is 9.75. The molecule has 6 heteroatoms. The third kappa shape index (κ3) is 5.83. The second-order valence-electron chi connectivity index (χ2n) is 6.41. The molecule has 148 valence electrons. The maximum atomic E-state index is 12.7. The van der Waals surface area contributed by atoms with E-state index >= 15 is 0 Å². The Hall–Kier alpha value is -3.31. The molecule has 0 bridgehead atoms. The van der Waals surface area contributed by atoms with Crippen molar-refractivity contribution in [1.29, 1.82) is 0 Å². The third-order valence-electron chi connectivity index (χ3n) is 4.33. The molecule has 3 aromatic rings. The van der Waals surface area contributed by atoms with Crippen molar-refractivity contribution < 1.29 is 19.4 Å². The van der Waals surface area contributed by atoms with Gasteiger partial charge in [-0.15, -0.1) is 0 Å². The monoisotopic (exact) mass is 409 g/mol. The molecule has 0 saturated heterocycles. The number of carbonyl (C=O) groups is 2. The summed E-state index contributed by atoms with van der Waals surface area (Å²) >= 11 is 6.06. The Balaban J connectivity index is 1.62. The summed E-state index contributed by atoms with van der Waals surface area (Å²) < 4.78 is 5.83. The molecule has 0 heterocycles. The Bertz CT molecular complexity index is 988. The molecule has 0 fully saturated rings. The summed E-state index contributed by atoms with van der Waals surface area (Å²) in [6.07, 6.45) is 0.723. The van der Waals surface area contributed by atoms with Gasteiger partial charge in [0.1, 0.15) is 5.75 Å². The van der Waals surface area contributed by atoms with Crippen molar-refractivity contribution in [3.05, 3.63) is 100 Å². The predicted octanol–water partition coefficient (Wildman–Crippen LogP) is 4.59. The van der Waals surface area contributed by atoms with Crippen molar-refractivity contribution in [2.45, 2.75) is 13.0 Å². The molecule has 0 radical (unpaired) electrons. The molecule has 5 nitrogen and oxygen atoms in total. The van der Waals surface area contributed by atoms with Gasteiger partial charge in [0, 0.05) is 18.0 Å². The van der Waals surface area contributed by atoms with E-state index in [4.69, 9.17) is 21.4 Å². The Morgan fingerprint density at radius 3 is 2.34 bits per heavy atom. The fraction of sp³-hybridized carbons (Fsp3) is 0.130. The van der Waals surface area contributed by atoms with Crippen LogP contribution in [0.4, 0.5) is 0 Å². The van der Waals surface area contributed by atoms with E-state index in [1.54, 1.807) is 30.3 Å². The Labute approximate surface area is 173 Å². The first kappa shape index (κ1) is 20.4. The normalized spacial score (nSPS) is 10.4. The van der Waals surface area contributed by atoms with Crippen LogP contribution in [-0.4, -0.2) is 23.6 Å². The number of carbonyl (C=O) groups excluding carboxylic acids is 1. The topological polar surface area (TPSA) is 75.6 Å². The Morgan fingerprint density at radius 2 is 1.66 bits per heavy atom. The standard InChI is InChI=1S/C23H20ClNO4/c24-19-10-11-21(29-13-12-16-4-2-1-3-5-16)20(14-19)22(26)25-15-17-6-8-18(9-7-17)23(27)28/h1-11,14H,12-13,15H2,(H,25,26)(H,27,28). The summed E-state index contributed by atoms with van der Waals surface area (Å²) in [7, 11) is 0. The minimum Gasteiger partial charge on any atom is -0.492 e. The number of hydrogen-bond acceptors (Lipinski definition) is 3. The van der Waals surface area contributed by atoms with Gasteiger partial charge in [0.2, 0.25) is 0 Å². The van der Waals surface area contributed by atoms with Crippen molar-refractivity contribution in [2.24, 2.45) is 0 Å². The Kier molecular flexibility index (Phi) is 6.87. The maximum absolute atomic E-state index is 12.7. The molecule has 0 aliphatic rings. The SMILES string of the molecule is O=C(O)c1ccc(CNC(=O)c2cc(Cl)ccc2OCCc2ccccc2)cc1. The van der Waals surface area contributed by atoms with Crippen LogP contribution in [0.3, 0.4) is 0 Å². The highest BCUT2D eigenvalue weighted by molar-refractivity contribution is 6.31. The second-order valence-corrected chi connectivity index (χ2v) is 6.85. The number of rotatable bonds is 8. The van der Waals surface area contributed by atoms with E-state index in [9.17, 15) is 9.59 Å². The lowest BCUT2D eigenvalue weighted by atomic mass is 10.1. The number of amides is 1. The molecular weight excluding hydrogens is 390 g/mol. The first-order valence-electron chi connectivity index (χ1n) is 9.09. The fourth-order valence-corrected chi connectivity index (χ4v) is 2.94. The Morgan fingerprint density at radius 1 is 0.931 bits per heavy atom. The van der Waals surface area contributed by atoms with E-state index in [2.05, 4.69) is 5.32 Å². The van der Waals surface area contributed by atoms with Crippen molar-refractivity contribution in [2.75, 3.05) is 6.61 Å². The number of nitrogens with one attached hydrogen (secondary N) is 1. The predicted molar refractivity (Wildman–Crippen MR) is 112 cm³/mol. The van der Waals surface area contributed by atoms with Gasteiger partial charge in [-0.3, -0.25) is 4.79 Å². The van der Waals surface area contributed by atoms with Crippen LogP contribution in [0.5, 0.6) is 5.75 Å². The fourth-order valence-electron chi connectivity index (χ4n) is 2.77. The molecule has 0 spiro atoms. The highest BCUT2D eigenvalue weighted by atomic mass is 35.5. The molecular formula is C23H20ClNO4. The first-order valence-corrected chi connectivity index (χ1v) is 9.47. The zero-order chi connectivity index (χ0) is 20.6. The van der Waals surface area contributed by atoms with Gasteiger partial charge < -0.3 is 15.2 Å². The van der Waals surface area contributed by atoms with Crippen LogP contribution < -0.4 is 10.1 Å². The number of carboxylic acid groups (broad SMARTS) is 1. The zero-order valence-electron chi connectivity index (χ0n) is 15.6. The summed E-state index contributed by atoms with van der Waals surface area (Å²) in [5.41, 5.74) is 2.49. The summed E-state index contributed by atoms with van der Waals surface area (Å²) in [4.78, 5) is 23.6. The van der Waals surface area contributed by atoms with E-state index in [1.807, 2.05) is 30.3 Å². The van der Waals surface area contributed by atoms with Crippen LogP contribution in [0.15, 0.2) is 72.8 Å². The number of hydrogen-bond donors (Lipinski definition) is 2. The van der Waals surface area contributed by atoms with E-state index in [1.165, 1.54) is 12.1 Å². The molecule has 0 unspecified atom stereocenters. The molecule has 0 atom stereocenters. The average Bonchev–Trinajstić information content (AvgIpc) is 2.74. The van der Waals surface area contributed by atoms with E-state index in [0.29, 0.717) is 22.9 Å². The summed E-state index contributed by atoms with van der Waals surface area (Å²) in [5.74, 6) is -0.842. The molecule has 1 amide bonds. The molecule has 2 N–H and O–H groups in total. The van der Waals surface area contributed by atoms with Gasteiger partial charge in [-0.25, -0.2) is 4.79 Å². The molecule has 0 aliphatic carbocycles. The molecule has 0 saturated carbocycles. The van der Waals surface area contributed by atoms with E-state index < -0.39 is 5.97 Å². The highest BCUT2D eigenvalue weighted by Gasteiger charge is 2.14. The summed E-state index contributed by atoms with van der Waals surface area (Å²) in [6.45, 7) is 0.692. The van der Waals surface area contributed by atoms with Gasteiger partial charge in [-0.1, -0.05) is 54.1 Å². The minimum atomic E-state index is -0.989. The number of benzene rings is 3. The van der Waals surface area contributed by atoms with Gasteiger partial charge in [-0.2, -0.15) is 0 Å². The largest absolute Gasteiger partial charge is 0.492 e. The zero-order valence-corrected chi connectivity index (χ0v) is 16.4. The minimum absolute atomic E-state index is 0.198. The quantitative estimate of drug-likeness (QED) is 0.570. The van der Waals surface area contributed by atoms with E-state index in [0.717, 1.165) is 17.5 Å². The van der Waals surface area contributed by atoms with Crippen LogP contribution in [0.2, 0.25) is 5.02 Å². The molecule has 3 rings (SSSR count). The highest BCUT2D eigenvalue weighted by Crippen LogP contribution is 2.23. The van der Waals surface area contributed by atoms with Crippen LogP contribution >= 0.6 is 11.6 Å². The first-order chi connectivity index (χ1) is 14.0. The molecule has 0 aromatic heterocycles. The summed E-state index contributed by atoms with van der Waals surface area (Å²) in [6, 6.07) is 21.2. The van der Waals surface area contributed by atoms with Crippen LogP contribution in [0.25, 0.3) is 0 Å². The smallest absolute Gasteiger partial charge is 0.335 e. The number of carboxylic acids is 1. The number of aromatic carboxylic acids is 1. The molecule has 3 aromatic carbocycles. The van der Waals surface area contributed by atoms with Crippen molar-refractivity contribution in [1.82, 2.24) is 5.32 Å². The lowest BCUT2D eigenvalue weighted by molar-refractivity contribution is 0.0696. The van der Waals surface area contributed by atoms with Gasteiger partial charge >= 0.3 is 5.97 Å². The third-order valence-corrected chi connectivity index (χ3v) is 4.57. The van der Waals surface area contributed by atoms with Crippen LogP contribution in [0, 0.1) is 0 Å². The molecule has 29 heavy (non-hydrogen) atoms. The van der Waals surface area contributed by atoms with Gasteiger partial charge in [0.05, 0.1) is 17.7 Å². The number of ether oxygens (including phenoxy) is 1. The van der Waals surface area contributed by atoms with Crippen LogP contribution in [-0.2, 0) is 13.0 Å². The van der Waals surface area contributed by atoms with E-state index in [-0.39, 0.29) is 18.0 Å².